The van der Waals surface area contributed by atoms with E-state index in [2.05, 4.69) is 29.6 Å². The molecule has 0 spiro atoms. The van der Waals surface area contributed by atoms with E-state index in [1.807, 2.05) is 60.7 Å². The number of rotatable bonds is 12. The van der Waals surface area contributed by atoms with Crippen LogP contribution < -0.4 is 0 Å². The van der Waals surface area contributed by atoms with E-state index >= 15 is 0 Å². The average Bonchev–Trinajstić information content (AvgIpc) is 3.05. The van der Waals surface area contributed by atoms with Gasteiger partial charge in [0.2, 0.25) is 0 Å². The van der Waals surface area contributed by atoms with E-state index in [1.54, 1.807) is 36.4 Å². The van der Waals surface area contributed by atoms with Crippen LogP contribution >= 0.6 is 0 Å². The largest absolute Gasteiger partial charge is 0.543 e. The summed E-state index contributed by atoms with van der Waals surface area (Å²) in [6, 6.07) is 31.5. The highest BCUT2D eigenvalue weighted by Gasteiger charge is 2.18. The molecule has 0 saturated heterocycles. The zero-order valence-corrected chi connectivity index (χ0v) is 22.4. The molecular formula is C31H24O12. The van der Waals surface area contributed by atoms with Crippen molar-refractivity contribution in [2.75, 3.05) is 13.2 Å². The minimum Gasteiger partial charge on any atom is -0.432 e. The minimum atomic E-state index is -1.31. The number of carbonyl (C=O) groups is 4. The van der Waals surface area contributed by atoms with E-state index in [4.69, 9.17) is 9.47 Å². The normalized spacial score (nSPS) is 10.2. The Kier molecular flexibility index (Phi) is 11.2. The Morgan fingerprint density at radius 2 is 0.814 bits per heavy atom. The Bertz CT molecular complexity index is 1410. The molecular weight excluding hydrogens is 564 g/mol. The lowest BCUT2D eigenvalue weighted by Crippen LogP contribution is -2.15. The van der Waals surface area contributed by atoms with Crippen LogP contribution in [-0.4, -0.2) is 37.5 Å². The molecule has 0 heterocycles. The van der Waals surface area contributed by atoms with Gasteiger partial charge in [-0.15, -0.1) is 0 Å². The molecule has 0 amide bonds. The van der Waals surface area contributed by atoms with Crippen molar-refractivity contribution < 1.29 is 58.3 Å². The molecule has 220 valence electrons. The summed E-state index contributed by atoms with van der Waals surface area (Å²) in [5.41, 5.74) is 3.11. The highest BCUT2D eigenvalue weighted by Crippen LogP contribution is 2.25. The third kappa shape index (κ3) is 9.14. The molecule has 0 aliphatic carbocycles. The van der Waals surface area contributed by atoms with Gasteiger partial charge in [-0.25, -0.2) is 29.0 Å². The molecule has 0 fully saturated rings. The Morgan fingerprint density at radius 1 is 0.442 bits per heavy atom. The smallest absolute Gasteiger partial charge is 0.432 e. The summed E-state index contributed by atoms with van der Waals surface area (Å²) in [4.78, 5) is 65.5. The topological polar surface area (TPSA) is 142 Å². The molecule has 12 nitrogen and oxygen atoms in total. The summed E-state index contributed by atoms with van der Waals surface area (Å²) in [6.45, 7) is -0.515. The van der Waals surface area contributed by atoms with Gasteiger partial charge < -0.3 is 9.47 Å². The molecule has 0 saturated carbocycles. The van der Waals surface area contributed by atoms with Gasteiger partial charge >= 0.3 is 24.2 Å². The molecule has 0 aliphatic heterocycles. The second kappa shape index (κ2) is 15.9. The molecule has 0 atom stereocenters. The summed E-state index contributed by atoms with van der Waals surface area (Å²) in [5, 5.41) is 8.48. The first kappa shape index (κ1) is 30.2. The molecule has 0 N–H and O–H groups in total. The van der Waals surface area contributed by atoms with Crippen LogP contribution in [0.1, 0.15) is 27.1 Å². The number of hydrogen-bond donors (Lipinski definition) is 0. The minimum absolute atomic E-state index is 0.0265. The average molecular weight is 589 g/mol. The second-order valence-electron chi connectivity index (χ2n) is 8.42. The monoisotopic (exact) mass is 588 g/mol. The lowest BCUT2D eigenvalue weighted by Gasteiger charge is -2.08. The molecule has 0 aromatic heterocycles. The van der Waals surface area contributed by atoms with Crippen molar-refractivity contribution >= 4 is 24.2 Å². The predicted molar refractivity (Wildman–Crippen MR) is 146 cm³/mol. The molecule has 4 aromatic carbocycles. The van der Waals surface area contributed by atoms with Crippen LogP contribution in [0.3, 0.4) is 0 Å². The van der Waals surface area contributed by atoms with Crippen LogP contribution in [0.5, 0.6) is 0 Å². The first-order valence-corrected chi connectivity index (χ1v) is 12.8. The maximum Gasteiger partial charge on any atom is 0.543 e. The zero-order valence-electron chi connectivity index (χ0n) is 22.4. The lowest BCUT2D eigenvalue weighted by atomic mass is 10.00. The Hall–Kier alpha value is -5.72. The van der Waals surface area contributed by atoms with Gasteiger partial charge in [0.1, 0.15) is 0 Å². The molecule has 4 aromatic rings. The fourth-order valence-electron chi connectivity index (χ4n) is 3.72. The third-order valence-electron chi connectivity index (χ3n) is 5.62. The van der Waals surface area contributed by atoms with Crippen LogP contribution in [-0.2, 0) is 39.1 Å². The number of hydrogen-bond acceptors (Lipinski definition) is 12. The van der Waals surface area contributed by atoms with Crippen LogP contribution in [0.4, 0.5) is 9.59 Å². The molecule has 0 aliphatic rings. The Balaban J connectivity index is 1.08. The highest BCUT2D eigenvalue weighted by atomic mass is 17.5. The van der Waals surface area contributed by atoms with Gasteiger partial charge in [0.05, 0.1) is 34.4 Å². The maximum absolute atomic E-state index is 12.4. The van der Waals surface area contributed by atoms with Crippen LogP contribution in [0.15, 0.2) is 109 Å². The van der Waals surface area contributed by atoms with Crippen molar-refractivity contribution in [2.45, 2.75) is 6.42 Å². The molecule has 0 bridgehead atoms. The maximum atomic E-state index is 12.4. The van der Waals surface area contributed by atoms with Gasteiger partial charge in [-0.2, -0.15) is 0 Å². The van der Waals surface area contributed by atoms with Crippen LogP contribution in [0.25, 0.3) is 22.3 Å². The van der Waals surface area contributed by atoms with E-state index < -0.39 is 24.2 Å². The van der Waals surface area contributed by atoms with Crippen LogP contribution in [0, 0.1) is 0 Å². The summed E-state index contributed by atoms with van der Waals surface area (Å²) >= 11 is 0. The van der Waals surface area contributed by atoms with Crippen molar-refractivity contribution in [1.29, 1.82) is 0 Å². The molecule has 4 rings (SSSR count). The van der Waals surface area contributed by atoms with Crippen LogP contribution in [0.2, 0.25) is 0 Å². The second-order valence-corrected chi connectivity index (χ2v) is 8.42. The first-order valence-electron chi connectivity index (χ1n) is 12.8. The number of benzene rings is 4. The van der Waals surface area contributed by atoms with E-state index in [-0.39, 0.29) is 30.8 Å². The van der Waals surface area contributed by atoms with Crippen molar-refractivity contribution in [2.24, 2.45) is 0 Å². The van der Waals surface area contributed by atoms with Gasteiger partial charge in [-0.05, 0) is 34.4 Å². The fourth-order valence-corrected chi connectivity index (χ4v) is 3.72. The van der Waals surface area contributed by atoms with Crippen molar-refractivity contribution in [3.63, 3.8) is 0 Å². The Labute approximate surface area is 244 Å². The summed E-state index contributed by atoms with van der Waals surface area (Å²) in [5.74, 6) is -1.79. The van der Waals surface area contributed by atoms with E-state index in [9.17, 15) is 19.2 Å². The number of carbonyl (C=O) groups excluding carboxylic acids is 4. The quantitative estimate of drug-likeness (QED) is 0.0779. The van der Waals surface area contributed by atoms with Gasteiger partial charge in [-0.3, -0.25) is 9.78 Å². The molecule has 0 unspecified atom stereocenters. The van der Waals surface area contributed by atoms with Gasteiger partial charge in [-0.1, -0.05) is 97.1 Å². The fraction of sp³-hybridized carbons (Fsp3) is 0.0968. The Morgan fingerprint density at radius 3 is 1.23 bits per heavy atom. The van der Waals surface area contributed by atoms with Crippen molar-refractivity contribution in [3.8, 4) is 22.3 Å². The first-order chi connectivity index (χ1) is 21.0. The standard InChI is InChI=1S/C31H24O12/c32-28(26-18-9-7-16-24(26)22-12-3-1-4-13-22)38-42-40-30(34)36-20-11-21-37-31(35)41-43-39-29(33)27-19-10-8-17-25(27)23-14-5-2-6-15-23/h1-10,12-19H,11,20-21H2. The van der Waals surface area contributed by atoms with Gasteiger partial charge in [0.15, 0.2) is 0 Å². The van der Waals surface area contributed by atoms with Crippen molar-refractivity contribution in [3.05, 3.63) is 120 Å². The molecule has 43 heavy (non-hydrogen) atoms. The zero-order chi connectivity index (χ0) is 30.3. The molecule has 12 heteroatoms. The highest BCUT2D eigenvalue weighted by molar-refractivity contribution is 5.97. The lowest BCUT2D eigenvalue weighted by molar-refractivity contribution is -0.452. The van der Waals surface area contributed by atoms with Gasteiger partial charge in [0.25, 0.3) is 0 Å². The third-order valence-corrected chi connectivity index (χ3v) is 5.62. The SMILES string of the molecule is O=C(OCCCOC(=O)OOOC(=O)c1ccccc1-c1ccccc1)OOOC(=O)c1ccccc1-c1ccccc1. The molecule has 0 radical (unpaired) electrons. The predicted octanol–water partition coefficient (Wildman–Crippen LogP) is 6.42. The summed E-state index contributed by atoms with van der Waals surface area (Å²) < 4.78 is 9.41. The van der Waals surface area contributed by atoms with E-state index in [0.29, 0.717) is 11.1 Å². The van der Waals surface area contributed by atoms with E-state index in [0.717, 1.165) is 11.1 Å². The van der Waals surface area contributed by atoms with Crippen molar-refractivity contribution in [1.82, 2.24) is 0 Å². The number of ether oxygens (including phenoxy) is 2. The van der Waals surface area contributed by atoms with E-state index in [1.165, 1.54) is 12.1 Å². The summed E-state index contributed by atoms with van der Waals surface area (Å²) in [7, 11) is 0. The summed E-state index contributed by atoms with van der Waals surface area (Å²) in [6.07, 6.45) is -2.59. The van der Waals surface area contributed by atoms with Gasteiger partial charge in [0, 0.05) is 6.42 Å².